The monoisotopic (exact) mass is 429 g/mol. The van der Waals surface area contributed by atoms with E-state index in [-0.39, 0.29) is 30.4 Å². The zero-order chi connectivity index (χ0) is 22.2. The number of nitrogens with zero attached hydrogens (tertiary/aromatic N) is 3. The number of rotatable bonds is 9. The van der Waals surface area contributed by atoms with Crippen molar-refractivity contribution in [2.24, 2.45) is 5.92 Å². The molecule has 0 unspecified atom stereocenters. The highest BCUT2D eigenvalue weighted by Gasteiger charge is 2.31. The van der Waals surface area contributed by atoms with Gasteiger partial charge in [-0.3, -0.25) is 9.59 Å². The average molecular weight is 430 g/mol. The molecule has 3 rings (SSSR count). The molecule has 2 fully saturated rings. The standard InChI is InChI=1S/C25H39N3O3/c1-20(2)25(30)28(16-8-14-26-12-4-5-13-26)22-10-7-15-27(18-22)24(29)19-31-23-11-6-9-21(3)17-23/h6,9,11,17,20,22H,4-5,7-8,10,12-16,18-19H2,1-3H3/t22-/m0/s1. The number of hydrogen-bond donors (Lipinski definition) is 0. The van der Waals surface area contributed by atoms with E-state index >= 15 is 0 Å². The second-order valence-electron chi connectivity index (χ2n) is 9.33. The summed E-state index contributed by atoms with van der Waals surface area (Å²) < 4.78 is 5.73. The van der Waals surface area contributed by atoms with Crippen molar-refractivity contribution in [3.63, 3.8) is 0 Å². The average Bonchev–Trinajstić information content (AvgIpc) is 3.28. The van der Waals surface area contributed by atoms with E-state index in [1.54, 1.807) is 0 Å². The summed E-state index contributed by atoms with van der Waals surface area (Å²) in [5.74, 6) is 0.903. The van der Waals surface area contributed by atoms with Crippen molar-refractivity contribution >= 4 is 11.8 Å². The molecule has 6 heteroatoms. The molecule has 0 N–H and O–H groups in total. The number of aryl methyl sites for hydroxylation is 1. The summed E-state index contributed by atoms with van der Waals surface area (Å²) in [4.78, 5) is 32.2. The zero-order valence-electron chi connectivity index (χ0n) is 19.5. The molecule has 172 valence electrons. The molecule has 2 saturated heterocycles. The number of amides is 2. The van der Waals surface area contributed by atoms with Gasteiger partial charge in [0.25, 0.3) is 5.91 Å². The Balaban J connectivity index is 1.54. The Labute approximate surface area is 187 Å². The quantitative estimate of drug-likeness (QED) is 0.604. The molecule has 2 aliphatic heterocycles. The summed E-state index contributed by atoms with van der Waals surface area (Å²) in [6.07, 6.45) is 5.47. The third kappa shape index (κ3) is 6.96. The van der Waals surface area contributed by atoms with Gasteiger partial charge < -0.3 is 19.4 Å². The highest BCUT2D eigenvalue weighted by molar-refractivity contribution is 5.79. The minimum atomic E-state index is -0.0254. The number of ether oxygens (including phenoxy) is 1. The van der Waals surface area contributed by atoms with Crippen LogP contribution in [0.4, 0.5) is 0 Å². The maximum absolute atomic E-state index is 13.0. The summed E-state index contributed by atoms with van der Waals surface area (Å²) in [6, 6.07) is 7.86. The van der Waals surface area contributed by atoms with Gasteiger partial charge in [-0.15, -0.1) is 0 Å². The van der Waals surface area contributed by atoms with E-state index < -0.39 is 0 Å². The third-order valence-electron chi connectivity index (χ3n) is 6.39. The molecule has 2 heterocycles. The fourth-order valence-corrected chi connectivity index (χ4v) is 4.65. The van der Waals surface area contributed by atoms with Crippen LogP contribution >= 0.6 is 0 Å². The molecule has 6 nitrogen and oxygen atoms in total. The molecule has 0 aliphatic carbocycles. The second-order valence-corrected chi connectivity index (χ2v) is 9.33. The third-order valence-corrected chi connectivity index (χ3v) is 6.39. The van der Waals surface area contributed by atoms with Crippen LogP contribution in [-0.2, 0) is 9.59 Å². The van der Waals surface area contributed by atoms with Crippen LogP contribution < -0.4 is 4.74 Å². The summed E-state index contributed by atoms with van der Waals surface area (Å²) in [6.45, 7) is 11.5. The number of carbonyl (C=O) groups is 2. The van der Waals surface area contributed by atoms with Crippen molar-refractivity contribution in [3.05, 3.63) is 29.8 Å². The van der Waals surface area contributed by atoms with Crippen LogP contribution in [0, 0.1) is 12.8 Å². The lowest BCUT2D eigenvalue weighted by Gasteiger charge is -2.40. The van der Waals surface area contributed by atoms with Crippen molar-refractivity contribution < 1.29 is 14.3 Å². The van der Waals surface area contributed by atoms with E-state index in [0.29, 0.717) is 6.54 Å². The van der Waals surface area contributed by atoms with Crippen LogP contribution in [0.15, 0.2) is 24.3 Å². The fourth-order valence-electron chi connectivity index (χ4n) is 4.65. The molecule has 0 saturated carbocycles. The van der Waals surface area contributed by atoms with Gasteiger partial charge in [0.15, 0.2) is 6.61 Å². The molecule has 1 aromatic carbocycles. The van der Waals surface area contributed by atoms with Gasteiger partial charge in [0.05, 0.1) is 0 Å². The normalized spacial score (nSPS) is 19.6. The van der Waals surface area contributed by atoms with Gasteiger partial charge in [0, 0.05) is 31.6 Å². The topological polar surface area (TPSA) is 53.1 Å². The lowest BCUT2D eigenvalue weighted by Crippen LogP contribution is -2.53. The van der Waals surface area contributed by atoms with Gasteiger partial charge in [-0.1, -0.05) is 26.0 Å². The largest absolute Gasteiger partial charge is 0.484 e. The van der Waals surface area contributed by atoms with Crippen LogP contribution in [0.5, 0.6) is 5.75 Å². The Kier molecular flexibility index (Phi) is 8.76. The first-order chi connectivity index (χ1) is 14.9. The van der Waals surface area contributed by atoms with Gasteiger partial charge in [-0.2, -0.15) is 0 Å². The maximum Gasteiger partial charge on any atom is 0.260 e. The van der Waals surface area contributed by atoms with Crippen LogP contribution in [0.3, 0.4) is 0 Å². The summed E-state index contributed by atoms with van der Waals surface area (Å²) in [5, 5.41) is 0. The first-order valence-electron chi connectivity index (χ1n) is 11.9. The molecule has 0 radical (unpaired) electrons. The smallest absolute Gasteiger partial charge is 0.260 e. The molecule has 0 spiro atoms. The zero-order valence-corrected chi connectivity index (χ0v) is 19.5. The van der Waals surface area contributed by atoms with Crippen LogP contribution in [-0.4, -0.2) is 78.4 Å². The molecule has 0 bridgehead atoms. The fraction of sp³-hybridized carbons (Fsp3) is 0.680. The van der Waals surface area contributed by atoms with Gasteiger partial charge in [-0.05, 0) is 76.4 Å². The van der Waals surface area contributed by atoms with Crippen molar-refractivity contribution in [2.45, 2.75) is 58.9 Å². The van der Waals surface area contributed by atoms with Crippen molar-refractivity contribution in [2.75, 3.05) is 45.9 Å². The van der Waals surface area contributed by atoms with Crippen LogP contribution in [0.25, 0.3) is 0 Å². The molecule has 31 heavy (non-hydrogen) atoms. The number of piperidine rings is 1. The molecular formula is C25H39N3O3. The van der Waals surface area contributed by atoms with E-state index in [1.165, 1.54) is 25.9 Å². The Bertz CT molecular complexity index is 730. The van der Waals surface area contributed by atoms with Crippen LogP contribution in [0.1, 0.15) is 51.5 Å². The van der Waals surface area contributed by atoms with E-state index in [2.05, 4.69) is 9.80 Å². The van der Waals surface area contributed by atoms with Crippen molar-refractivity contribution in [1.82, 2.24) is 14.7 Å². The molecule has 0 aromatic heterocycles. The number of likely N-dealkylation sites (tertiary alicyclic amines) is 2. The maximum atomic E-state index is 13.0. The highest BCUT2D eigenvalue weighted by atomic mass is 16.5. The molecule has 1 aromatic rings. The predicted molar refractivity (Wildman–Crippen MR) is 123 cm³/mol. The van der Waals surface area contributed by atoms with Crippen molar-refractivity contribution in [1.29, 1.82) is 0 Å². The van der Waals surface area contributed by atoms with E-state index in [1.807, 2.05) is 49.9 Å². The molecule has 1 atom stereocenters. The van der Waals surface area contributed by atoms with Gasteiger partial charge >= 0.3 is 0 Å². The predicted octanol–water partition coefficient (Wildman–Crippen LogP) is 3.34. The van der Waals surface area contributed by atoms with E-state index in [0.717, 1.165) is 50.2 Å². The van der Waals surface area contributed by atoms with Gasteiger partial charge in [-0.25, -0.2) is 0 Å². The number of hydrogen-bond acceptors (Lipinski definition) is 4. The lowest BCUT2D eigenvalue weighted by atomic mass is 10.0. The Morgan fingerprint density at radius 2 is 1.94 bits per heavy atom. The summed E-state index contributed by atoms with van der Waals surface area (Å²) in [5.41, 5.74) is 1.11. The molecular weight excluding hydrogens is 390 g/mol. The minimum absolute atomic E-state index is 0.000203. The van der Waals surface area contributed by atoms with Gasteiger partial charge in [0.1, 0.15) is 5.75 Å². The Morgan fingerprint density at radius 3 is 2.65 bits per heavy atom. The molecule has 2 amide bonds. The summed E-state index contributed by atoms with van der Waals surface area (Å²) in [7, 11) is 0. The lowest BCUT2D eigenvalue weighted by molar-refractivity contribution is -0.142. The summed E-state index contributed by atoms with van der Waals surface area (Å²) >= 11 is 0. The number of carbonyl (C=O) groups excluding carboxylic acids is 2. The Hall–Kier alpha value is -2.08. The van der Waals surface area contributed by atoms with Crippen molar-refractivity contribution in [3.8, 4) is 5.75 Å². The second kappa shape index (κ2) is 11.5. The Morgan fingerprint density at radius 1 is 1.16 bits per heavy atom. The highest BCUT2D eigenvalue weighted by Crippen LogP contribution is 2.20. The van der Waals surface area contributed by atoms with E-state index in [4.69, 9.17) is 4.74 Å². The van der Waals surface area contributed by atoms with Gasteiger partial charge in [0.2, 0.25) is 5.91 Å². The first-order valence-corrected chi connectivity index (χ1v) is 11.9. The SMILES string of the molecule is Cc1cccc(OCC(=O)N2CCC[C@H](N(CCCN3CCCC3)C(=O)C(C)C)C2)c1. The van der Waals surface area contributed by atoms with Crippen LogP contribution in [0.2, 0.25) is 0 Å². The first kappa shape index (κ1) is 23.6. The van der Waals surface area contributed by atoms with E-state index in [9.17, 15) is 9.59 Å². The number of benzene rings is 1. The molecule has 2 aliphatic rings. The minimum Gasteiger partial charge on any atom is -0.484 e.